The molecule has 7 nitrogen and oxygen atoms in total. The smallest absolute Gasteiger partial charge is 0.311 e. The Morgan fingerprint density at radius 3 is 2.54 bits per heavy atom. The van der Waals surface area contributed by atoms with Crippen LogP contribution in [0.25, 0.3) is 0 Å². The highest BCUT2D eigenvalue weighted by Crippen LogP contribution is 2.43. The first-order chi connectivity index (χ1) is 13.6. The van der Waals surface area contributed by atoms with Crippen LogP contribution in [0.15, 0.2) is 54.7 Å². The van der Waals surface area contributed by atoms with E-state index in [9.17, 15) is 14.4 Å². The number of rotatable bonds is 3. The van der Waals surface area contributed by atoms with Gasteiger partial charge in [-0.1, -0.05) is 36.4 Å². The monoisotopic (exact) mass is 379 g/mol. The second kappa shape index (κ2) is 7.42. The van der Waals surface area contributed by atoms with Gasteiger partial charge in [0.15, 0.2) is 0 Å². The largest absolute Gasteiger partial charge is 0.469 e. The lowest BCUT2D eigenvalue weighted by atomic mass is 9.93. The van der Waals surface area contributed by atoms with E-state index >= 15 is 0 Å². The molecule has 0 bridgehead atoms. The molecule has 1 aromatic heterocycles. The fourth-order valence-electron chi connectivity index (χ4n) is 4.27. The molecule has 144 valence electrons. The van der Waals surface area contributed by atoms with E-state index in [2.05, 4.69) is 4.98 Å². The number of benzene rings is 1. The summed E-state index contributed by atoms with van der Waals surface area (Å²) >= 11 is 0. The molecular weight excluding hydrogens is 358 g/mol. The molecule has 0 saturated carbocycles. The number of carbonyl (C=O) groups excluding carboxylic acids is 3. The number of amides is 2. The van der Waals surface area contributed by atoms with E-state index in [0.717, 1.165) is 5.56 Å². The minimum absolute atomic E-state index is 0.0247. The number of methoxy groups -OCH3 is 1. The lowest BCUT2D eigenvalue weighted by Gasteiger charge is -2.40. The zero-order chi connectivity index (χ0) is 19.7. The van der Waals surface area contributed by atoms with Crippen LogP contribution in [0.3, 0.4) is 0 Å². The Hall–Kier alpha value is -3.22. The summed E-state index contributed by atoms with van der Waals surface area (Å²) in [5.74, 6) is -1.22. The average Bonchev–Trinajstić information content (AvgIpc) is 3.14. The van der Waals surface area contributed by atoms with Gasteiger partial charge in [0, 0.05) is 12.7 Å². The second-order valence-electron chi connectivity index (χ2n) is 7.08. The van der Waals surface area contributed by atoms with Crippen LogP contribution in [0, 0.1) is 5.92 Å². The van der Waals surface area contributed by atoms with Crippen LogP contribution in [-0.4, -0.2) is 58.8 Å². The van der Waals surface area contributed by atoms with E-state index in [1.807, 2.05) is 30.3 Å². The summed E-state index contributed by atoms with van der Waals surface area (Å²) in [7, 11) is 1.36. The van der Waals surface area contributed by atoms with Crippen molar-refractivity contribution in [2.45, 2.75) is 18.5 Å². The number of carbonyl (C=O) groups is 3. The zero-order valence-corrected chi connectivity index (χ0v) is 15.5. The minimum Gasteiger partial charge on any atom is -0.469 e. The molecule has 2 aliphatic heterocycles. The van der Waals surface area contributed by atoms with Crippen LogP contribution in [0.5, 0.6) is 0 Å². The van der Waals surface area contributed by atoms with Crippen molar-refractivity contribution in [3.8, 4) is 0 Å². The number of pyridine rings is 1. The molecule has 2 amide bonds. The first kappa shape index (κ1) is 18.2. The van der Waals surface area contributed by atoms with Crippen LogP contribution in [-0.2, 0) is 14.3 Å². The van der Waals surface area contributed by atoms with Crippen LogP contribution in [0.1, 0.15) is 28.5 Å². The molecule has 0 radical (unpaired) electrons. The maximum Gasteiger partial charge on any atom is 0.311 e. The van der Waals surface area contributed by atoms with Crippen molar-refractivity contribution in [3.05, 3.63) is 66.0 Å². The molecule has 2 aromatic rings. The summed E-state index contributed by atoms with van der Waals surface area (Å²) in [6.45, 7) is 0.348. The number of ether oxygens (including phenoxy) is 1. The molecule has 4 rings (SSSR count). The van der Waals surface area contributed by atoms with Gasteiger partial charge >= 0.3 is 5.97 Å². The highest BCUT2D eigenvalue weighted by Gasteiger charge is 2.51. The molecule has 2 fully saturated rings. The van der Waals surface area contributed by atoms with Crippen LogP contribution >= 0.6 is 0 Å². The van der Waals surface area contributed by atoms with E-state index in [1.165, 1.54) is 12.0 Å². The third-order valence-electron chi connectivity index (χ3n) is 5.46. The topological polar surface area (TPSA) is 79.8 Å². The number of esters is 1. The van der Waals surface area contributed by atoms with Crippen molar-refractivity contribution < 1.29 is 19.1 Å². The molecule has 0 unspecified atom stereocenters. The Kier molecular flexibility index (Phi) is 4.81. The van der Waals surface area contributed by atoms with Crippen molar-refractivity contribution >= 4 is 17.8 Å². The average molecular weight is 379 g/mol. The van der Waals surface area contributed by atoms with Gasteiger partial charge in [0.2, 0.25) is 5.91 Å². The van der Waals surface area contributed by atoms with Crippen LogP contribution in [0.4, 0.5) is 0 Å². The quantitative estimate of drug-likeness (QED) is 0.758. The molecule has 3 heterocycles. The van der Waals surface area contributed by atoms with E-state index in [-0.39, 0.29) is 36.4 Å². The van der Waals surface area contributed by atoms with Gasteiger partial charge in [0.05, 0.1) is 25.1 Å². The van der Waals surface area contributed by atoms with Gasteiger partial charge in [-0.25, -0.2) is 0 Å². The van der Waals surface area contributed by atoms with E-state index in [4.69, 9.17) is 4.74 Å². The fraction of sp³-hybridized carbons (Fsp3) is 0.333. The van der Waals surface area contributed by atoms with Gasteiger partial charge in [0.1, 0.15) is 12.2 Å². The number of nitrogens with zero attached hydrogens (tertiary/aromatic N) is 3. The molecule has 28 heavy (non-hydrogen) atoms. The number of aromatic nitrogens is 1. The van der Waals surface area contributed by atoms with Gasteiger partial charge in [0.25, 0.3) is 5.91 Å². The fourth-order valence-corrected chi connectivity index (χ4v) is 4.27. The molecule has 2 aliphatic rings. The minimum atomic E-state index is -0.453. The maximum absolute atomic E-state index is 13.0. The number of hydrogen-bond acceptors (Lipinski definition) is 5. The van der Waals surface area contributed by atoms with Gasteiger partial charge in [-0.2, -0.15) is 0 Å². The number of fused-ring (bicyclic) bond motifs is 1. The van der Waals surface area contributed by atoms with Crippen LogP contribution < -0.4 is 0 Å². The lowest BCUT2D eigenvalue weighted by Crippen LogP contribution is -2.56. The van der Waals surface area contributed by atoms with Gasteiger partial charge in [-0.15, -0.1) is 0 Å². The summed E-state index contributed by atoms with van der Waals surface area (Å²) in [6, 6.07) is 14.0. The van der Waals surface area contributed by atoms with Gasteiger partial charge < -0.3 is 14.5 Å². The van der Waals surface area contributed by atoms with Crippen molar-refractivity contribution in [2.75, 3.05) is 20.2 Å². The van der Waals surface area contributed by atoms with E-state index in [1.54, 1.807) is 29.3 Å². The molecule has 0 spiro atoms. The van der Waals surface area contributed by atoms with Crippen LogP contribution in [0.2, 0.25) is 0 Å². The Morgan fingerprint density at radius 2 is 1.86 bits per heavy atom. The third kappa shape index (κ3) is 3.13. The summed E-state index contributed by atoms with van der Waals surface area (Å²) in [6.07, 6.45) is 2.02. The molecule has 1 aromatic carbocycles. The molecule has 0 aliphatic carbocycles. The van der Waals surface area contributed by atoms with Crippen molar-refractivity contribution in [1.29, 1.82) is 0 Å². The summed E-state index contributed by atoms with van der Waals surface area (Å²) < 4.78 is 5.00. The summed E-state index contributed by atoms with van der Waals surface area (Å²) in [5, 5.41) is 0. The zero-order valence-electron chi connectivity index (χ0n) is 15.5. The first-order valence-electron chi connectivity index (χ1n) is 9.24. The molecular formula is C21H21N3O4. The standard InChI is InChI=1S/C21H21N3O4/c1-28-21(27)16-11-15-12-23(20(26)17-9-5-6-10-22-17)13-18(25)24(15)19(16)14-7-3-2-4-8-14/h2-10,15-16,19H,11-13H2,1H3/t15-,16-,19-/m0/s1. The molecule has 3 atom stereocenters. The second-order valence-corrected chi connectivity index (χ2v) is 7.08. The normalized spacial score (nSPS) is 24.0. The molecule has 2 saturated heterocycles. The lowest BCUT2D eigenvalue weighted by molar-refractivity contribution is -0.147. The maximum atomic E-state index is 13.0. The summed E-state index contributed by atoms with van der Waals surface area (Å²) in [4.78, 5) is 45.6. The third-order valence-corrected chi connectivity index (χ3v) is 5.46. The Labute approximate surface area is 162 Å². The Morgan fingerprint density at radius 1 is 1.11 bits per heavy atom. The predicted octanol–water partition coefficient (Wildman–Crippen LogP) is 1.67. The van der Waals surface area contributed by atoms with Crippen molar-refractivity contribution in [3.63, 3.8) is 0 Å². The SMILES string of the molecule is COC(=O)[C@H]1C[C@H]2CN(C(=O)c3ccccn3)CC(=O)N2[C@H]1c1ccccc1. The summed E-state index contributed by atoms with van der Waals surface area (Å²) in [5.41, 5.74) is 1.21. The predicted molar refractivity (Wildman–Crippen MR) is 100 cm³/mol. The highest BCUT2D eigenvalue weighted by atomic mass is 16.5. The number of hydrogen-bond donors (Lipinski definition) is 0. The van der Waals surface area contributed by atoms with E-state index in [0.29, 0.717) is 18.7 Å². The van der Waals surface area contributed by atoms with Crippen molar-refractivity contribution in [2.24, 2.45) is 5.92 Å². The Bertz CT molecular complexity index is 887. The van der Waals surface area contributed by atoms with Crippen molar-refractivity contribution in [1.82, 2.24) is 14.8 Å². The van der Waals surface area contributed by atoms with Gasteiger partial charge in [-0.3, -0.25) is 19.4 Å². The highest BCUT2D eigenvalue weighted by molar-refractivity contribution is 5.96. The van der Waals surface area contributed by atoms with E-state index < -0.39 is 5.92 Å². The number of piperazine rings is 1. The first-order valence-corrected chi connectivity index (χ1v) is 9.24. The molecule has 0 N–H and O–H groups in total. The molecule has 7 heteroatoms. The Balaban J connectivity index is 1.63. The van der Waals surface area contributed by atoms with Gasteiger partial charge in [-0.05, 0) is 24.1 Å².